The van der Waals surface area contributed by atoms with E-state index in [9.17, 15) is 18.0 Å². The standard InChI is InChI=1S/C18H18F3NO2S/c1-22(11-13-6-3-4-9-16(13)24-2)17(23)12-25-15-8-5-7-14(10-15)18(19,20)21/h3-10H,11-12H2,1-2H3. The van der Waals surface area contributed by atoms with Gasteiger partial charge in [0.25, 0.3) is 0 Å². The lowest BCUT2D eigenvalue weighted by Crippen LogP contribution is -2.28. The number of amides is 1. The number of hydrogen-bond donors (Lipinski definition) is 0. The zero-order valence-corrected chi connectivity index (χ0v) is 14.7. The zero-order valence-electron chi connectivity index (χ0n) is 13.8. The van der Waals surface area contributed by atoms with Crippen LogP contribution in [-0.2, 0) is 17.5 Å². The number of halogens is 3. The van der Waals surface area contributed by atoms with Gasteiger partial charge >= 0.3 is 6.18 Å². The van der Waals surface area contributed by atoms with Crippen LogP contribution in [0.25, 0.3) is 0 Å². The summed E-state index contributed by atoms with van der Waals surface area (Å²) in [5, 5.41) is 0. The number of carbonyl (C=O) groups excluding carboxylic acids is 1. The summed E-state index contributed by atoms with van der Waals surface area (Å²) in [5.41, 5.74) is 0.150. The van der Waals surface area contributed by atoms with Gasteiger partial charge in [-0.3, -0.25) is 4.79 Å². The van der Waals surface area contributed by atoms with Crippen molar-refractivity contribution >= 4 is 17.7 Å². The number of alkyl halides is 3. The van der Waals surface area contributed by atoms with Gasteiger partial charge in [-0.1, -0.05) is 24.3 Å². The van der Waals surface area contributed by atoms with Crippen LogP contribution in [0.1, 0.15) is 11.1 Å². The third-order valence-electron chi connectivity index (χ3n) is 3.55. The van der Waals surface area contributed by atoms with Crippen molar-refractivity contribution in [2.75, 3.05) is 19.9 Å². The molecule has 25 heavy (non-hydrogen) atoms. The van der Waals surface area contributed by atoms with E-state index in [4.69, 9.17) is 4.74 Å². The Morgan fingerprint density at radius 2 is 1.88 bits per heavy atom. The highest BCUT2D eigenvalue weighted by Crippen LogP contribution is 2.32. The van der Waals surface area contributed by atoms with Gasteiger partial charge in [-0.2, -0.15) is 13.2 Å². The molecule has 0 radical (unpaired) electrons. The van der Waals surface area contributed by atoms with E-state index in [1.54, 1.807) is 20.2 Å². The van der Waals surface area contributed by atoms with E-state index in [0.29, 0.717) is 17.2 Å². The molecule has 0 heterocycles. The third kappa shape index (κ3) is 5.42. The fourth-order valence-electron chi connectivity index (χ4n) is 2.19. The summed E-state index contributed by atoms with van der Waals surface area (Å²) in [6.45, 7) is 0.367. The maximum absolute atomic E-state index is 12.7. The predicted molar refractivity (Wildman–Crippen MR) is 91.6 cm³/mol. The summed E-state index contributed by atoms with van der Waals surface area (Å²) in [6, 6.07) is 12.3. The van der Waals surface area contributed by atoms with Crippen molar-refractivity contribution in [1.29, 1.82) is 0 Å². The average molecular weight is 369 g/mol. The number of nitrogens with zero attached hydrogens (tertiary/aromatic N) is 1. The number of methoxy groups -OCH3 is 1. The number of benzene rings is 2. The summed E-state index contributed by atoms with van der Waals surface area (Å²) in [5.74, 6) is 0.577. The Bertz CT molecular complexity index is 734. The first kappa shape index (κ1) is 19.2. The Kier molecular flexibility index (Phi) is 6.36. The second-order valence-electron chi connectivity index (χ2n) is 5.38. The molecule has 2 rings (SSSR count). The fourth-order valence-corrected chi connectivity index (χ4v) is 3.09. The summed E-state index contributed by atoms with van der Waals surface area (Å²) >= 11 is 1.09. The molecule has 2 aromatic carbocycles. The molecule has 0 aromatic heterocycles. The third-order valence-corrected chi connectivity index (χ3v) is 4.53. The second-order valence-corrected chi connectivity index (χ2v) is 6.42. The molecule has 1 amide bonds. The lowest BCUT2D eigenvalue weighted by Gasteiger charge is -2.18. The first-order valence-corrected chi connectivity index (χ1v) is 8.45. The summed E-state index contributed by atoms with van der Waals surface area (Å²) in [6.07, 6.45) is -4.39. The van der Waals surface area contributed by atoms with Crippen LogP contribution in [0.15, 0.2) is 53.4 Å². The Morgan fingerprint density at radius 1 is 1.16 bits per heavy atom. The van der Waals surface area contributed by atoms with E-state index in [-0.39, 0.29) is 11.7 Å². The first-order chi connectivity index (χ1) is 11.8. The van der Waals surface area contributed by atoms with E-state index >= 15 is 0 Å². The quantitative estimate of drug-likeness (QED) is 0.704. The van der Waals surface area contributed by atoms with E-state index < -0.39 is 11.7 Å². The lowest BCUT2D eigenvalue weighted by molar-refractivity contribution is -0.137. The molecule has 0 atom stereocenters. The minimum atomic E-state index is -4.39. The van der Waals surface area contributed by atoms with Crippen LogP contribution >= 0.6 is 11.8 Å². The lowest BCUT2D eigenvalue weighted by atomic mass is 10.2. The van der Waals surface area contributed by atoms with Crippen LogP contribution in [0.3, 0.4) is 0 Å². The molecule has 2 aromatic rings. The molecule has 0 N–H and O–H groups in total. The molecule has 0 unspecified atom stereocenters. The molecule has 134 valence electrons. The van der Waals surface area contributed by atoms with Gasteiger partial charge in [-0.05, 0) is 24.3 Å². The van der Waals surface area contributed by atoms with Crippen molar-refractivity contribution in [3.05, 3.63) is 59.7 Å². The molecule has 0 spiro atoms. The second kappa shape index (κ2) is 8.29. The van der Waals surface area contributed by atoms with Gasteiger partial charge in [0.1, 0.15) is 5.75 Å². The molecule has 0 fully saturated rings. The van der Waals surface area contributed by atoms with E-state index in [2.05, 4.69) is 0 Å². The van der Waals surface area contributed by atoms with E-state index in [1.807, 2.05) is 24.3 Å². The number of rotatable bonds is 6. The van der Waals surface area contributed by atoms with Crippen molar-refractivity contribution in [3.8, 4) is 5.75 Å². The highest BCUT2D eigenvalue weighted by molar-refractivity contribution is 8.00. The average Bonchev–Trinajstić information content (AvgIpc) is 2.59. The first-order valence-electron chi connectivity index (χ1n) is 7.47. The maximum atomic E-state index is 12.7. The molecule has 0 aliphatic carbocycles. The van der Waals surface area contributed by atoms with Crippen LogP contribution in [0.4, 0.5) is 13.2 Å². The molecule has 0 saturated heterocycles. The minimum Gasteiger partial charge on any atom is -0.496 e. The zero-order chi connectivity index (χ0) is 18.4. The van der Waals surface area contributed by atoms with Gasteiger partial charge in [-0.15, -0.1) is 11.8 Å². The molecule has 0 aliphatic heterocycles. The van der Waals surface area contributed by atoms with Gasteiger partial charge in [-0.25, -0.2) is 0 Å². The monoisotopic (exact) mass is 369 g/mol. The summed E-state index contributed by atoms with van der Waals surface area (Å²) in [4.78, 5) is 14.2. The van der Waals surface area contributed by atoms with Gasteiger partial charge < -0.3 is 9.64 Å². The molecule has 3 nitrogen and oxygen atoms in total. The topological polar surface area (TPSA) is 29.5 Å². The summed E-state index contributed by atoms with van der Waals surface area (Å²) < 4.78 is 43.4. The maximum Gasteiger partial charge on any atom is 0.416 e. The van der Waals surface area contributed by atoms with Crippen molar-refractivity contribution in [2.45, 2.75) is 17.6 Å². The van der Waals surface area contributed by atoms with Crippen molar-refractivity contribution in [3.63, 3.8) is 0 Å². The van der Waals surface area contributed by atoms with Crippen molar-refractivity contribution < 1.29 is 22.7 Å². The van der Waals surface area contributed by atoms with Crippen LogP contribution in [0.5, 0.6) is 5.75 Å². The van der Waals surface area contributed by atoms with Gasteiger partial charge in [0.15, 0.2) is 0 Å². The van der Waals surface area contributed by atoms with Gasteiger partial charge in [0.05, 0.1) is 18.4 Å². The van der Waals surface area contributed by atoms with Crippen LogP contribution in [-0.4, -0.2) is 30.7 Å². The molecule has 7 heteroatoms. The Balaban J connectivity index is 1.96. The minimum absolute atomic E-state index is 0.0625. The fraction of sp³-hybridized carbons (Fsp3) is 0.278. The molecular weight excluding hydrogens is 351 g/mol. The Morgan fingerprint density at radius 3 is 2.56 bits per heavy atom. The highest BCUT2D eigenvalue weighted by Gasteiger charge is 2.30. The summed E-state index contributed by atoms with van der Waals surface area (Å²) in [7, 11) is 3.21. The van der Waals surface area contributed by atoms with Crippen LogP contribution in [0.2, 0.25) is 0 Å². The van der Waals surface area contributed by atoms with E-state index in [0.717, 1.165) is 29.5 Å². The predicted octanol–water partition coefficient (Wildman–Crippen LogP) is 4.46. The number of carbonyl (C=O) groups is 1. The van der Waals surface area contributed by atoms with Gasteiger partial charge in [0.2, 0.25) is 5.91 Å². The van der Waals surface area contributed by atoms with Gasteiger partial charge in [0, 0.05) is 24.1 Å². The Hall–Kier alpha value is -2.15. The molecule has 0 aliphatic rings. The number of ether oxygens (including phenoxy) is 1. The van der Waals surface area contributed by atoms with Crippen molar-refractivity contribution in [1.82, 2.24) is 4.90 Å². The SMILES string of the molecule is COc1ccccc1CN(C)C(=O)CSc1cccc(C(F)(F)F)c1. The van der Waals surface area contributed by atoms with E-state index in [1.165, 1.54) is 11.0 Å². The molecule has 0 bridgehead atoms. The molecular formula is C18H18F3NO2S. The molecule has 0 saturated carbocycles. The Labute approximate surface area is 148 Å². The highest BCUT2D eigenvalue weighted by atomic mass is 32.2. The number of hydrogen-bond acceptors (Lipinski definition) is 3. The largest absolute Gasteiger partial charge is 0.496 e. The smallest absolute Gasteiger partial charge is 0.416 e. The number of thioether (sulfide) groups is 1. The van der Waals surface area contributed by atoms with Crippen molar-refractivity contribution in [2.24, 2.45) is 0 Å². The van der Waals surface area contributed by atoms with Crippen LogP contribution in [0, 0.1) is 0 Å². The normalized spacial score (nSPS) is 11.2. The van der Waals surface area contributed by atoms with Crippen LogP contribution < -0.4 is 4.74 Å². The number of para-hydroxylation sites is 1.